The highest BCUT2D eigenvalue weighted by Gasteiger charge is 2.23. The summed E-state index contributed by atoms with van der Waals surface area (Å²) in [5.74, 6) is -0.409. The van der Waals surface area contributed by atoms with Gasteiger partial charge in [0.05, 0.1) is 11.4 Å². The van der Waals surface area contributed by atoms with Crippen LogP contribution >= 0.6 is 11.6 Å². The monoisotopic (exact) mass is 394 g/mol. The van der Waals surface area contributed by atoms with Crippen molar-refractivity contribution >= 4 is 33.2 Å². The second kappa shape index (κ2) is 7.78. The molecule has 0 heterocycles. The zero-order chi connectivity index (χ0) is 19.5. The van der Waals surface area contributed by atoms with Crippen LogP contribution in [0.3, 0.4) is 0 Å². The lowest BCUT2D eigenvalue weighted by atomic mass is 9.87. The van der Waals surface area contributed by atoms with Gasteiger partial charge in [-0.1, -0.05) is 44.5 Å². The van der Waals surface area contributed by atoms with E-state index < -0.39 is 15.9 Å². The standard InChI is InChI=1S/C19H23ClN2O3S/c1-19(2,3)14-5-9-16(10-6-14)21-18(23)13-22(4)26(24,25)17-11-7-15(20)8-12-17/h5-12H,13H2,1-4H3,(H,21,23). The van der Waals surface area contributed by atoms with Gasteiger partial charge in [-0.2, -0.15) is 4.31 Å². The molecule has 0 aromatic heterocycles. The van der Waals surface area contributed by atoms with E-state index in [2.05, 4.69) is 26.1 Å². The fraction of sp³-hybridized carbons (Fsp3) is 0.316. The van der Waals surface area contributed by atoms with Crippen molar-refractivity contribution < 1.29 is 13.2 Å². The number of likely N-dealkylation sites (N-methyl/N-ethyl adjacent to an activating group) is 1. The molecule has 26 heavy (non-hydrogen) atoms. The van der Waals surface area contributed by atoms with Crippen LogP contribution in [0.2, 0.25) is 5.02 Å². The number of nitrogens with zero attached hydrogens (tertiary/aromatic N) is 1. The molecule has 0 aliphatic rings. The van der Waals surface area contributed by atoms with Crippen LogP contribution in [0.5, 0.6) is 0 Å². The Morgan fingerprint density at radius 2 is 1.58 bits per heavy atom. The molecular weight excluding hydrogens is 372 g/mol. The zero-order valence-corrected chi connectivity index (χ0v) is 16.9. The van der Waals surface area contributed by atoms with Gasteiger partial charge in [-0.25, -0.2) is 8.42 Å². The van der Waals surface area contributed by atoms with Crippen molar-refractivity contribution in [2.75, 3.05) is 18.9 Å². The Balaban J connectivity index is 2.03. The molecule has 0 radical (unpaired) electrons. The fourth-order valence-corrected chi connectivity index (χ4v) is 3.58. The first-order chi connectivity index (χ1) is 12.0. The maximum atomic E-state index is 12.5. The lowest BCUT2D eigenvalue weighted by Gasteiger charge is -2.20. The predicted molar refractivity (Wildman–Crippen MR) is 105 cm³/mol. The number of nitrogens with one attached hydrogen (secondary N) is 1. The third-order valence-electron chi connectivity index (χ3n) is 3.92. The predicted octanol–water partition coefficient (Wildman–Crippen LogP) is 3.90. The summed E-state index contributed by atoms with van der Waals surface area (Å²) in [7, 11) is -2.39. The molecule has 0 atom stereocenters. The van der Waals surface area contributed by atoms with Crippen LogP contribution in [-0.2, 0) is 20.2 Å². The third-order valence-corrected chi connectivity index (χ3v) is 5.99. The van der Waals surface area contributed by atoms with Crippen molar-refractivity contribution in [2.45, 2.75) is 31.1 Å². The summed E-state index contributed by atoms with van der Waals surface area (Å²) in [5.41, 5.74) is 1.80. The average molecular weight is 395 g/mol. The number of hydrogen-bond acceptors (Lipinski definition) is 3. The number of rotatable bonds is 5. The van der Waals surface area contributed by atoms with Gasteiger partial charge in [-0.3, -0.25) is 4.79 Å². The van der Waals surface area contributed by atoms with Crippen molar-refractivity contribution in [3.05, 3.63) is 59.1 Å². The third kappa shape index (κ3) is 5.06. The molecule has 7 heteroatoms. The van der Waals surface area contributed by atoms with Gasteiger partial charge in [0, 0.05) is 17.8 Å². The number of halogens is 1. The molecule has 0 saturated carbocycles. The molecule has 0 aliphatic carbocycles. The minimum atomic E-state index is -3.76. The smallest absolute Gasteiger partial charge is 0.243 e. The number of amides is 1. The highest BCUT2D eigenvalue weighted by atomic mass is 35.5. The zero-order valence-electron chi connectivity index (χ0n) is 15.3. The quantitative estimate of drug-likeness (QED) is 0.836. The molecule has 2 aromatic carbocycles. The second-order valence-electron chi connectivity index (χ2n) is 7.09. The van der Waals surface area contributed by atoms with Gasteiger partial charge in [0.2, 0.25) is 15.9 Å². The molecule has 0 fully saturated rings. The van der Waals surface area contributed by atoms with Gasteiger partial charge in [0.15, 0.2) is 0 Å². The summed E-state index contributed by atoms with van der Waals surface area (Å²) in [4.78, 5) is 12.3. The van der Waals surface area contributed by atoms with E-state index in [-0.39, 0.29) is 16.9 Å². The molecular formula is C19H23ClN2O3S. The lowest BCUT2D eigenvalue weighted by Crippen LogP contribution is -2.34. The maximum Gasteiger partial charge on any atom is 0.243 e. The normalized spacial score (nSPS) is 12.2. The summed E-state index contributed by atoms with van der Waals surface area (Å²) in [6.45, 7) is 6.04. The van der Waals surface area contributed by atoms with E-state index in [1.165, 1.54) is 31.3 Å². The topological polar surface area (TPSA) is 66.5 Å². The summed E-state index contributed by atoms with van der Waals surface area (Å²) in [6.07, 6.45) is 0. The second-order valence-corrected chi connectivity index (χ2v) is 9.57. The number of carbonyl (C=O) groups is 1. The highest BCUT2D eigenvalue weighted by Crippen LogP contribution is 2.23. The van der Waals surface area contributed by atoms with Crippen molar-refractivity contribution in [3.63, 3.8) is 0 Å². The minimum absolute atomic E-state index is 0.0232. The summed E-state index contributed by atoms with van der Waals surface area (Å²) >= 11 is 5.78. The van der Waals surface area contributed by atoms with Crippen molar-refractivity contribution in [3.8, 4) is 0 Å². The van der Waals surface area contributed by atoms with Crippen LogP contribution in [0.15, 0.2) is 53.4 Å². The van der Waals surface area contributed by atoms with Crippen molar-refractivity contribution in [1.82, 2.24) is 4.31 Å². The van der Waals surface area contributed by atoms with Gasteiger partial charge in [0.25, 0.3) is 0 Å². The average Bonchev–Trinajstić information content (AvgIpc) is 2.54. The molecule has 1 amide bonds. The molecule has 2 aromatic rings. The van der Waals surface area contributed by atoms with E-state index >= 15 is 0 Å². The molecule has 1 N–H and O–H groups in total. The van der Waals surface area contributed by atoms with Crippen LogP contribution in [0.1, 0.15) is 26.3 Å². The Labute approximate surface area is 160 Å². The Kier molecular flexibility index (Phi) is 6.11. The van der Waals surface area contributed by atoms with Crippen LogP contribution in [0.25, 0.3) is 0 Å². The van der Waals surface area contributed by atoms with Gasteiger partial charge in [-0.15, -0.1) is 0 Å². The van der Waals surface area contributed by atoms with Gasteiger partial charge in [0.1, 0.15) is 0 Å². The summed E-state index contributed by atoms with van der Waals surface area (Å²) in [6, 6.07) is 13.3. The van der Waals surface area contributed by atoms with Gasteiger partial charge < -0.3 is 5.32 Å². The molecule has 0 spiro atoms. The Morgan fingerprint density at radius 1 is 1.04 bits per heavy atom. The molecule has 140 valence electrons. The van der Waals surface area contributed by atoms with Crippen molar-refractivity contribution in [1.29, 1.82) is 0 Å². The molecule has 0 bridgehead atoms. The highest BCUT2D eigenvalue weighted by molar-refractivity contribution is 7.89. The van der Waals surface area contributed by atoms with Crippen LogP contribution in [-0.4, -0.2) is 32.2 Å². The first kappa shape index (κ1) is 20.4. The van der Waals surface area contributed by atoms with Crippen LogP contribution < -0.4 is 5.32 Å². The molecule has 2 rings (SSSR count). The Bertz CT molecular complexity index is 870. The van der Waals surface area contributed by atoms with Crippen LogP contribution in [0, 0.1) is 0 Å². The van der Waals surface area contributed by atoms with Gasteiger partial charge >= 0.3 is 0 Å². The van der Waals surface area contributed by atoms with E-state index in [4.69, 9.17) is 11.6 Å². The van der Waals surface area contributed by atoms with E-state index in [0.717, 1.165) is 9.87 Å². The van der Waals surface area contributed by atoms with Crippen molar-refractivity contribution in [2.24, 2.45) is 0 Å². The first-order valence-electron chi connectivity index (χ1n) is 8.12. The summed E-state index contributed by atoms with van der Waals surface area (Å²) < 4.78 is 26.0. The van der Waals surface area contributed by atoms with E-state index in [1.807, 2.05) is 24.3 Å². The van der Waals surface area contributed by atoms with Gasteiger partial charge in [-0.05, 0) is 47.4 Å². The summed E-state index contributed by atoms with van der Waals surface area (Å²) in [5, 5.41) is 3.17. The van der Waals surface area contributed by atoms with E-state index in [0.29, 0.717) is 10.7 Å². The number of sulfonamides is 1. The lowest BCUT2D eigenvalue weighted by molar-refractivity contribution is -0.116. The van der Waals surface area contributed by atoms with E-state index in [1.54, 1.807) is 0 Å². The molecule has 0 unspecified atom stereocenters. The Hall–Kier alpha value is -1.89. The van der Waals surface area contributed by atoms with Crippen LogP contribution in [0.4, 0.5) is 5.69 Å². The maximum absolute atomic E-state index is 12.5. The number of hydrogen-bond donors (Lipinski definition) is 1. The van der Waals surface area contributed by atoms with E-state index in [9.17, 15) is 13.2 Å². The first-order valence-corrected chi connectivity index (χ1v) is 9.94. The number of carbonyl (C=O) groups excluding carboxylic acids is 1. The SMILES string of the molecule is CN(CC(=O)Nc1ccc(C(C)(C)C)cc1)S(=O)(=O)c1ccc(Cl)cc1. The Morgan fingerprint density at radius 3 is 2.08 bits per heavy atom. The molecule has 5 nitrogen and oxygen atoms in total. The number of anilines is 1. The largest absolute Gasteiger partial charge is 0.325 e. The molecule has 0 aliphatic heterocycles. The molecule has 0 saturated heterocycles. The number of benzene rings is 2. The fourth-order valence-electron chi connectivity index (χ4n) is 2.33. The minimum Gasteiger partial charge on any atom is -0.325 e.